The highest BCUT2D eigenvalue weighted by Crippen LogP contribution is 2.27. The Morgan fingerprint density at radius 3 is 2.19 bits per heavy atom. The van der Waals surface area contributed by atoms with Gasteiger partial charge < -0.3 is 15.0 Å². The number of nitrogens with one attached hydrogen (secondary N) is 1. The smallest absolute Gasteiger partial charge is 0.261 e. The Hall–Kier alpha value is -3.09. The Balaban J connectivity index is 1.94. The molecular weight excluding hydrogens is 502 g/mol. The fraction of sp³-hybridized carbons (Fsp3) is 0.286. The number of benzene rings is 3. The van der Waals surface area contributed by atoms with Crippen molar-refractivity contribution in [3.05, 3.63) is 99.8 Å². The van der Waals surface area contributed by atoms with Gasteiger partial charge in [-0.1, -0.05) is 73.4 Å². The second-order valence-corrected chi connectivity index (χ2v) is 9.62. The summed E-state index contributed by atoms with van der Waals surface area (Å²) in [6.45, 7) is 4.11. The SMILES string of the molecule is CC(C)CNC(=O)C(Cc1ccccc1)N(Cc1c(Cl)cccc1Cl)C(=O)COc1ccc(F)cc1. The summed E-state index contributed by atoms with van der Waals surface area (Å²) < 4.78 is 18.9. The first-order valence-electron chi connectivity index (χ1n) is 11.7. The number of ether oxygens (including phenoxy) is 1. The van der Waals surface area contributed by atoms with Gasteiger partial charge in [0.15, 0.2) is 6.61 Å². The lowest BCUT2D eigenvalue weighted by Crippen LogP contribution is -2.52. The third-order valence-electron chi connectivity index (χ3n) is 5.52. The van der Waals surface area contributed by atoms with Gasteiger partial charge in [0.2, 0.25) is 5.91 Å². The average Bonchev–Trinajstić information content (AvgIpc) is 2.86. The zero-order chi connectivity index (χ0) is 26.1. The molecule has 0 fully saturated rings. The van der Waals surface area contributed by atoms with Crippen LogP contribution in [0.1, 0.15) is 25.0 Å². The normalized spacial score (nSPS) is 11.7. The highest BCUT2D eigenvalue weighted by atomic mass is 35.5. The number of carbonyl (C=O) groups excluding carboxylic acids is 2. The standard InChI is InChI=1S/C28H29Cl2FN2O3/c1-19(2)16-32-28(35)26(15-20-7-4-3-5-8-20)33(17-23-24(29)9-6-10-25(23)30)27(34)18-36-22-13-11-21(31)12-14-22/h3-14,19,26H,15-18H2,1-2H3,(H,32,35). The zero-order valence-electron chi connectivity index (χ0n) is 20.2. The third-order valence-corrected chi connectivity index (χ3v) is 6.23. The monoisotopic (exact) mass is 530 g/mol. The minimum atomic E-state index is -0.845. The number of rotatable bonds is 11. The molecule has 0 spiro atoms. The summed E-state index contributed by atoms with van der Waals surface area (Å²) in [5.74, 6) is -0.560. The fourth-order valence-corrected chi connectivity index (χ4v) is 4.11. The lowest BCUT2D eigenvalue weighted by molar-refractivity contribution is -0.142. The molecule has 0 aliphatic rings. The van der Waals surface area contributed by atoms with Gasteiger partial charge in [-0.3, -0.25) is 9.59 Å². The molecule has 3 aromatic rings. The van der Waals surface area contributed by atoms with E-state index < -0.39 is 17.8 Å². The maximum absolute atomic E-state index is 13.5. The van der Waals surface area contributed by atoms with E-state index in [1.54, 1.807) is 18.2 Å². The topological polar surface area (TPSA) is 58.6 Å². The minimum absolute atomic E-state index is 0.0106. The van der Waals surface area contributed by atoms with Gasteiger partial charge >= 0.3 is 0 Å². The fourth-order valence-electron chi connectivity index (χ4n) is 3.59. The summed E-state index contributed by atoms with van der Waals surface area (Å²) in [6, 6.07) is 19.1. The van der Waals surface area contributed by atoms with Crippen LogP contribution in [-0.4, -0.2) is 35.9 Å². The van der Waals surface area contributed by atoms with Crippen molar-refractivity contribution in [1.29, 1.82) is 0 Å². The molecule has 0 saturated heterocycles. The summed E-state index contributed by atoms with van der Waals surface area (Å²) >= 11 is 12.8. The molecule has 0 bridgehead atoms. The van der Waals surface area contributed by atoms with E-state index in [1.807, 2.05) is 44.2 Å². The molecule has 5 nitrogen and oxygen atoms in total. The van der Waals surface area contributed by atoms with Gasteiger partial charge in [0, 0.05) is 35.1 Å². The molecule has 0 aromatic heterocycles. The molecule has 36 heavy (non-hydrogen) atoms. The van der Waals surface area contributed by atoms with Crippen molar-refractivity contribution in [3.63, 3.8) is 0 Å². The van der Waals surface area contributed by atoms with Crippen LogP contribution >= 0.6 is 23.2 Å². The Morgan fingerprint density at radius 2 is 1.58 bits per heavy atom. The number of hydrogen-bond acceptors (Lipinski definition) is 3. The van der Waals surface area contributed by atoms with Gasteiger partial charge in [-0.05, 0) is 47.9 Å². The van der Waals surface area contributed by atoms with E-state index in [4.69, 9.17) is 27.9 Å². The van der Waals surface area contributed by atoms with E-state index in [0.29, 0.717) is 27.9 Å². The predicted molar refractivity (Wildman–Crippen MR) is 141 cm³/mol. The second kappa shape index (κ2) is 13.3. The first kappa shape index (κ1) is 27.5. The number of hydrogen-bond donors (Lipinski definition) is 1. The number of nitrogens with zero attached hydrogens (tertiary/aromatic N) is 1. The molecule has 3 aromatic carbocycles. The van der Waals surface area contributed by atoms with Crippen LogP contribution in [0.3, 0.4) is 0 Å². The summed E-state index contributed by atoms with van der Waals surface area (Å²) in [5, 5.41) is 3.73. The van der Waals surface area contributed by atoms with Crippen molar-refractivity contribution in [2.24, 2.45) is 5.92 Å². The van der Waals surface area contributed by atoms with Crippen molar-refractivity contribution in [2.45, 2.75) is 32.9 Å². The van der Waals surface area contributed by atoms with Gasteiger partial charge in [-0.2, -0.15) is 0 Å². The maximum Gasteiger partial charge on any atom is 0.261 e. The molecule has 1 N–H and O–H groups in total. The minimum Gasteiger partial charge on any atom is -0.484 e. The van der Waals surface area contributed by atoms with E-state index >= 15 is 0 Å². The van der Waals surface area contributed by atoms with Gasteiger partial charge in [-0.15, -0.1) is 0 Å². The largest absolute Gasteiger partial charge is 0.484 e. The van der Waals surface area contributed by atoms with Crippen molar-refractivity contribution in [2.75, 3.05) is 13.2 Å². The van der Waals surface area contributed by atoms with E-state index in [1.165, 1.54) is 29.2 Å². The van der Waals surface area contributed by atoms with Crippen LogP contribution in [0.2, 0.25) is 10.0 Å². The van der Waals surface area contributed by atoms with Crippen LogP contribution in [-0.2, 0) is 22.6 Å². The van der Waals surface area contributed by atoms with Crippen molar-refractivity contribution in [3.8, 4) is 5.75 Å². The van der Waals surface area contributed by atoms with Crippen molar-refractivity contribution in [1.82, 2.24) is 10.2 Å². The van der Waals surface area contributed by atoms with E-state index in [2.05, 4.69) is 5.32 Å². The molecule has 190 valence electrons. The quantitative estimate of drug-likeness (QED) is 0.334. The van der Waals surface area contributed by atoms with Crippen LogP contribution in [0.25, 0.3) is 0 Å². The Bertz CT molecular complexity index is 1140. The summed E-state index contributed by atoms with van der Waals surface area (Å²) in [6.07, 6.45) is 0.287. The third kappa shape index (κ3) is 7.97. The van der Waals surface area contributed by atoms with E-state index in [0.717, 1.165) is 5.56 Å². The van der Waals surface area contributed by atoms with Crippen LogP contribution in [0, 0.1) is 11.7 Å². The summed E-state index contributed by atoms with van der Waals surface area (Å²) in [5.41, 5.74) is 1.43. The molecule has 0 heterocycles. The van der Waals surface area contributed by atoms with Gasteiger partial charge in [0.05, 0.1) is 0 Å². The molecule has 3 rings (SSSR count). The van der Waals surface area contributed by atoms with Gasteiger partial charge in [-0.25, -0.2) is 4.39 Å². The number of amides is 2. The van der Waals surface area contributed by atoms with Crippen molar-refractivity contribution >= 4 is 35.0 Å². The average molecular weight is 531 g/mol. The zero-order valence-corrected chi connectivity index (χ0v) is 21.7. The molecule has 2 amide bonds. The van der Waals surface area contributed by atoms with Gasteiger partial charge in [0.1, 0.15) is 17.6 Å². The van der Waals surface area contributed by atoms with Crippen LogP contribution < -0.4 is 10.1 Å². The molecule has 8 heteroatoms. The van der Waals surface area contributed by atoms with Crippen LogP contribution in [0.5, 0.6) is 5.75 Å². The predicted octanol–water partition coefficient (Wildman–Crippen LogP) is 5.92. The summed E-state index contributed by atoms with van der Waals surface area (Å²) in [4.78, 5) is 28.4. The highest BCUT2D eigenvalue weighted by molar-refractivity contribution is 6.36. The molecule has 1 unspecified atom stereocenters. The maximum atomic E-state index is 13.5. The molecule has 0 radical (unpaired) electrons. The van der Waals surface area contributed by atoms with E-state index in [-0.39, 0.29) is 31.4 Å². The molecular formula is C28H29Cl2FN2O3. The Morgan fingerprint density at radius 1 is 0.944 bits per heavy atom. The first-order chi connectivity index (χ1) is 17.2. The second-order valence-electron chi connectivity index (χ2n) is 8.81. The molecule has 0 aliphatic carbocycles. The number of carbonyl (C=O) groups is 2. The molecule has 0 saturated carbocycles. The molecule has 0 aliphatic heterocycles. The van der Waals surface area contributed by atoms with Crippen molar-refractivity contribution < 1.29 is 18.7 Å². The Kier molecular flexibility index (Phi) is 10.1. The van der Waals surface area contributed by atoms with E-state index in [9.17, 15) is 14.0 Å². The van der Waals surface area contributed by atoms with Crippen LogP contribution in [0.4, 0.5) is 4.39 Å². The lowest BCUT2D eigenvalue weighted by atomic mass is 10.0. The van der Waals surface area contributed by atoms with Crippen LogP contribution in [0.15, 0.2) is 72.8 Å². The van der Waals surface area contributed by atoms with Gasteiger partial charge in [0.25, 0.3) is 5.91 Å². The lowest BCUT2D eigenvalue weighted by Gasteiger charge is -2.32. The molecule has 1 atom stereocenters. The Labute approximate surface area is 221 Å². The summed E-state index contributed by atoms with van der Waals surface area (Å²) in [7, 11) is 0. The number of halogens is 3. The highest BCUT2D eigenvalue weighted by Gasteiger charge is 2.31. The first-order valence-corrected chi connectivity index (χ1v) is 12.4.